The summed E-state index contributed by atoms with van der Waals surface area (Å²) in [6.45, 7) is 0. The second-order valence-electron chi connectivity index (χ2n) is 4.27. The smallest absolute Gasteiger partial charge is 0.310 e. The minimum absolute atomic E-state index is 0.109. The van der Waals surface area contributed by atoms with Crippen molar-refractivity contribution in [3.8, 4) is 0 Å². The Hall–Kier alpha value is -2.17. The largest absolute Gasteiger partial charge is 0.481 e. The molecule has 1 amide bonds. The summed E-state index contributed by atoms with van der Waals surface area (Å²) in [5.41, 5.74) is 0.888. The fraction of sp³-hybridized carbons (Fsp3) is 0.308. The Morgan fingerprint density at radius 2 is 2.06 bits per heavy atom. The highest BCUT2D eigenvalue weighted by molar-refractivity contribution is 5.79. The van der Waals surface area contributed by atoms with Gasteiger partial charge in [-0.1, -0.05) is 12.2 Å². The molecule has 5 heteroatoms. The number of amides is 1. The number of pyridine rings is 1. The lowest BCUT2D eigenvalue weighted by molar-refractivity contribution is -0.140. The summed E-state index contributed by atoms with van der Waals surface area (Å²) < 4.78 is 0. The molecule has 18 heavy (non-hydrogen) atoms. The Balaban J connectivity index is 1.83. The highest BCUT2D eigenvalue weighted by Crippen LogP contribution is 2.17. The molecular formula is C13H14N2O3. The highest BCUT2D eigenvalue weighted by atomic mass is 16.4. The molecular weight excluding hydrogens is 232 g/mol. The Bertz CT molecular complexity index is 470. The molecule has 2 atom stereocenters. The predicted octanol–water partition coefficient (Wildman–Crippen LogP) is 0.770. The summed E-state index contributed by atoms with van der Waals surface area (Å²) in [4.78, 5) is 26.4. The normalized spacial score (nSPS) is 21.8. The van der Waals surface area contributed by atoms with Crippen molar-refractivity contribution in [3.05, 3.63) is 42.2 Å². The number of carbonyl (C=O) groups excluding carboxylic acids is 1. The maximum atomic E-state index is 11.7. The van der Waals surface area contributed by atoms with Crippen molar-refractivity contribution in [3.63, 3.8) is 0 Å². The van der Waals surface area contributed by atoms with Crippen LogP contribution in [0.4, 0.5) is 0 Å². The van der Waals surface area contributed by atoms with E-state index in [1.165, 1.54) is 0 Å². The van der Waals surface area contributed by atoms with Gasteiger partial charge in [-0.15, -0.1) is 0 Å². The number of nitrogens with one attached hydrogen (secondary N) is 1. The minimum atomic E-state index is -0.850. The third-order valence-corrected chi connectivity index (χ3v) is 2.86. The fourth-order valence-electron chi connectivity index (χ4n) is 1.93. The zero-order valence-electron chi connectivity index (χ0n) is 9.74. The summed E-state index contributed by atoms with van der Waals surface area (Å²) in [5, 5.41) is 11.6. The lowest BCUT2D eigenvalue weighted by Crippen LogP contribution is -2.34. The van der Waals surface area contributed by atoms with E-state index in [-0.39, 0.29) is 18.4 Å². The van der Waals surface area contributed by atoms with E-state index in [9.17, 15) is 9.59 Å². The number of aliphatic carboxylic acids is 1. The quantitative estimate of drug-likeness (QED) is 0.769. The van der Waals surface area contributed by atoms with Crippen LogP contribution in [-0.2, 0) is 16.0 Å². The van der Waals surface area contributed by atoms with Gasteiger partial charge in [-0.25, -0.2) is 0 Å². The van der Waals surface area contributed by atoms with Crippen molar-refractivity contribution in [1.82, 2.24) is 10.3 Å². The molecule has 0 aromatic carbocycles. The number of carboxylic acid groups (broad SMARTS) is 1. The third kappa shape index (κ3) is 3.16. The van der Waals surface area contributed by atoms with E-state index in [2.05, 4.69) is 10.3 Å². The van der Waals surface area contributed by atoms with Crippen LogP contribution >= 0.6 is 0 Å². The average Bonchev–Trinajstić information content (AvgIpc) is 2.78. The topological polar surface area (TPSA) is 79.3 Å². The number of carboxylic acids is 1. The van der Waals surface area contributed by atoms with Gasteiger partial charge in [-0.3, -0.25) is 14.6 Å². The first-order valence-electron chi connectivity index (χ1n) is 5.74. The lowest BCUT2D eigenvalue weighted by atomic mass is 10.1. The molecule has 1 aromatic rings. The van der Waals surface area contributed by atoms with Crippen LogP contribution in [0.3, 0.4) is 0 Å². The van der Waals surface area contributed by atoms with Crippen molar-refractivity contribution >= 4 is 11.9 Å². The molecule has 2 N–H and O–H groups in total. The summed E-state index contributed by atoms with van der Waals surface area (Å²) in [7, 11) is 0. The van der Waals surface area contributed by atoms with Crippen molar-refractivity contribution in [2.75, 3.05) is 0 Å². The van der Waals surface area contributed by atoms with E-state index < -0.39 is 11.9 Å². The van der Waals surface area contributed by atoms with E-state index in [0.29, 0.717) is 6.42 Å². The Kier molecular flexibility index (Phi) is 3.72. The van der Waals surface area contributed by atoms with Crippen LogP contribution in [-0.4, -0.2) is 28.0 Å². The van der Waals surface area contributed by atoms with E-state index >= 15 is 0 Å². The number of hydrogen-bond acceptors (Lipinski definition) is 3. The van der Waals surface area contributed by atoms with Crippen molar-refractivity contribution in [2.24, 2.45) is 5.92 Å². The van der Waals surface area contributed by atoms with Crippen LogP contribution in [0, 0.1) is 5.92 Å². The first kappa shape index (κ1) is 12.3. The highest BCUT2D eigenvalue weighted by Gasteiger charge is 2.25. The Morgan fingerprint density at radius 1 is 1.33 bits per heavy atom. The number of carbonyl (C=O) groups is 2. The molecule has 0 fully saturated rings. The van der Waals surface area contributed by atoms with Crippen LogP contribution in [0.5, 0.6) is 0 Å². The maximum absolute atomic E-state index is 11.7. The van der Waals surface area contributed by atoms with E-state index in [4.69, 9.17) is 5.11 Å². The fourth-order valence-corrected chi connectivity index (χ4v) is 1.93. The van der Waals surface area contributed by atoms with Crippen LogP contribution in [0.25, 0.3) is 0 Å². The molecule has 5 nitrogen and oxygen atoms in total. The van der Waals surface area contributed by atoms with E-state index in [0.717, 1.165) is 5.56 Å². The molecule has 2 rings (SSSR count). The van der Waals surface area contributed by atoms with Gasteiger partial charge in [0.15, 0.2) is 0 Å². The summed E-state index contributed by atoms with van der Waals surface area (Å²) in [5.74, 6) is -1.45. The van der Waals surface area contributed by atoms with Gasteiger partial charge in [0.1, 0.15) is 0 Å². The zero-order chi connectivity index (χ0) is 13.0. The second-order valence-corrected chi connectivity index (χ2v) is 4.27. The molecule has 1 aromatic heterocycles. The lowest BCUT2D eigenvalue weighted by Gasteiger charge is -2.12. The van der Waals surface area contributed by atoms with Gasteiger partial charge in [-0.2, -0.15) is 0 Å². The van der Waals surface area contributed by atoms with Crippen molar-refractivity contribution in [2.45, 2.75) is 18.9 Å². The number of hydrogen-bond donors (Lipinski definition) is 2. The average molecular weight is 246 g/mol. The van der Waals surface area contributed by atoms with E-state index in [1.807, 2.05) is 0 Å². The molecule has 2 unspecified atom stereocenters. The summed E-state index contributed by atoms with van der Waals surface area (Å²) in [6.07, 6.45) is 7.35. The van der Waals surface area contributed by atoms with Gasteiger partial charge in [0.05, 0.1) is 12.3 Å². The van der Waals surface area contributed by atoms with Gasteiger partial charge in [0, 0.05) is 18.4 Å². The summed E-state index contributed by atoms with van der Waals surface area (Å²) >= 11 is 0. The molecule has 0 saturated heterocycles. The number of rotatable bonds is 4. The predicted molar refractivity (Wildman–Crippen MR) is 64.8 cm³/mol. The van der Waals surface area contributed by atoms with Crippen LogP contribution in [0.15, 0.2) is 36.7 Å². The van der Waals surface area contributed by atoms with Gasteiger partial charge in [0.2, 0.25) is 5.91 Å². The first-order chi connectivity index (χ1) is 8.65. The molecule has 0 aliphatic heterocycles. The standard InChI is InChI=1S/C13H14N2O3/c16-12(7-9-3-5-14-6-4-9)15-11-2-1-10(8-11)13(17)18/h1-6,10-11H,7-8H2,(H,15,16)(H,17,18). The van der Waals surface area contributed by atoms with Crippen LogP contribution in [0.1, 0.15) is 12.0 Å². The van der Waals surface area contributed by atoms with Crippen molar-refractivity contribution < 1.29 is 14.7 Å². The number of nitrogens with zero attached hydrogens (tertiary/aromatic N) is 1. The van der Waals surface area contributed by atoms with Gasteiger partial charge in [0.25, 0.3) is 0 Å². The SMILES string of the molecule is O=C(Cc1ccncc1)NC1C=CC(C(=O)O)C1. The Morgan fingerprint density at radius 3 is 2.67 bits per heavy atom. The van der Waals surface area contributed by atoms with Crippen molar-refractivity contribution in [1.29, 1.82) is 0 Å². The third-order valence-electron chi connectivity index (χ3n) is 2.86. The minimum Gasteiger partial charge on any atom is -0.481 e. The monoisotopic (exact) mass is 246 g/mol. The number of aromatic nitrogens is 1. The molecule has 1 aliphatic rings. The zero-order valence-corrected chi connectivity index (χ0v) is 9.74. The molecule has 0 bridgehead atoms. The molecule has 1 aliphatic carbocycles. The van der Waals surface area contributed by atoms with Crippen LogP contribution in [0.2, 0.25) is 0 Å². The summed E-state index contributed by atoms with van der Waals surface area (Å²) in [6, 6.07) is 3.38. The van der Waals surface area contributed by atoms with Gasteiger partial charge >= 0.3 is 5.97 Å². The molecule has 1 heterocycles. The van der Waals surface area contributed by atoms with Crippen LogP contribution < -0.4 is 5.32 Å². The first-order valence-corrected chi connectivity index (χ1v) is 5.74. The Labute approximate surface area is 105 Å². The maximum Gasteiger partial charge on any atom is 0.310 e. The molecule has 94 valence electrons. The van der Waals surface area contributed by atoms with Gasteiger partial charge < -0.3 is 10.4 Å². The molecule has 0 saturated carbocycles. The second kappa shape index (κ2) is 5.44. The van der Waals surface area contributed by atoms with Gasteiger partial charge in [-0.05, 0) is 24.1 Å². The van der Waals surface area contributed by atoms with E-state index in [1.54, 1.807) is 36.7 Å². The molecule has 0 radical (unpaired) electrons. The molecule has 0 spiro atoms.